The topological polar surface area (TPSA) is 92.5 Å². The van der Waals surface area contributed by atoms with E-state index >= 15 is 0 Å². The van der Waals surface area contributed by atoms with Crippen molar-refractivity contribution in [2.75, 3.05) is 24.3 Å². The van der Waals surface area contributed by atoms with Gasteiger partial charge in [-0.05, 0) is 29.8 Å². The van der Waals surface area contributed by atoms with E-state index in [4.69, 9.17) is 5.14 Å². The maximum Gasteiger partial charge on any atom is 0.238 e. The number of nitrogens with one attached hydrogen (secondary N) is 1. The first-order chi connectivity index (χ1) is 11.2. The summed E-state index contributed by atoms with van der Waals surface area (Å²) < 4.78 is 36.6. The van der Waals surface area contributed by atoms with Crippen molar-refractivity contribution in [3.8, 4) is 0 Å². The lowest BCUT2D eigenvalue weighted by atomic mass is 10.1. The highest BCUT2D eigenvalue weighted by molar-refractivity contribution is 7.89. The van der Waals surface area contributed by atoms with Gasteiger partial charge in [0.05, 0.1) is 22.7 Å². The molecule has 0 atom stereocenters. The van der Waals surface area contributed by atoms with Crippen molar-refractivity contribution in [3.63, 3.8) is 0 Å². The number of sulfonamides is 1. The predicted octanol–water partition coefficient (Wildman–Crippen LogP) is 1.72. The Balaban J connectivity index is 2.30. The summed E-state index contributed by atoms with van der Waals surface area (Å²) in [5, 5.41) is 7.74. The fourth-order valence-electron chi connectivity index (χ4n) is 2.19. The number of halogens is 1. The summed E-state index contributed by atoms with van der Waals surface area (Å²) in [4.78, 5) is 13.8. The minimum absolute atomic E-state index is 0.116. The van der Waals surface area contributed by atoms with Crippen LogP contribution in [0.3, 0.4) is 0 Å². The van der Waals surface area contributed by atoms with Crippen molar-refractivity contribution in [2.24, 2.45) is 5.14 Å². The Hall–Kier alpha value is -2.45. The molecule has 3 N–H and O–H groups in total. The molecule has 0 saturated carbocycles. The van der Waals surface area contributed by atoms with E-state index in [0.29, 0.717) is 5.69 Å². The van der Waals surface area contributed by atoms with Gasteiger partial charge >= 0.3 is 0 Å². The number of rotatable bonds is 5. The van der Waals surface area contributed by atoms with Crippen molar-refractivity contribution in [2.45, 2.75) is 11.3 Å². The molecule has 2 aromatic rings. The molecule has 0 aliphatic carbocycles. The number of carbonyl (C=O) groups is 1. The van der Waals surface area contributed by atoms with E-state index in [1.54, 1.807) is 31.1 Å². The van der Waals surface area contributed by atoms with Gasteiger partial charge in [0.25, 0.3) is 0 Å². The highest BCUT2D eigenvalue weighted by Crippen LogP contribution is 2.27. The number of primary sulfonamides is 1. The number of nitrogens with zero attached hydrogens (tertiary/aromatic N) is 1. The molecule has 0 spiro atoms. The molecule has 0 fully saturated rings. The van der Waals surface area contributed by atoms with E-state index in [-0.39, 0.29) is 22.6 Å². The molecular formula is C16H18FN3O3S. The molecule has 0 bridgehead atoms. The lowest BCUT2D eigenvalue weighted by molar-refractivity contribution is -0.115. The fraction of sp³-hybridized carbons (Fsp3) is 0.188. The summed E-state index contributed by atoms with van der Waals surface area (Å²) in [6.45, 7) is 0. The summed E-state index contributed by atoms with van der Waals surface area (Å²) >= 11 is 0. The third-order valence-electron chi connectivity index (χ3n) is 3.36. The third-order valence-corrected chi connectivity index (χ3v) is 4.27. The van der Waals surface area contributed by atoms with Crippen molar-refractivity contribution in [3.05, 3.63) is 53.8 Å². The van der Waals surface area contributed by atoms with Gasteiger partial charge in [-0.1, -0.05) is 18.2 Å². The minimum atomic E-state index is -3.90. The molecule has 0 radical (unpaired) electrons. The second kappa shape index (κ2) is 6.98. The van der Waals surface area contributed by atoms with E-state index < -0.39 is 21.7 Å². The average molecular weight is 351 g/mol. The molecular weight excluding hydrogens is 333 g/mol. The van der Waals surface area contributed by atoms with E-state index in [2.05, 4.69) is 5.32 Å². The van der Waals surface area contributed by atoms with Gasteiger partial charge in [-0.2, -0.15) is 0 Å². The molecule has 0 saturated heterocycles. The largest absolute Gasteiger partial charge is 0.376 e. The Morgan fingerprint density at radius 3 is 2.46 bits per heavy atom. The maximum atomic E-state index is 13.6. The number of carbonyl (C=O) groups excluding carboxylic acids is 1. The van der Waals surface area contributed by atoms with Crippen molar-refractivity contribution >= 4 is 27.3 Å². The van der Waals surface area contributed by atoms with Crippen LogP contribution in [0, 0.1) is 5.82 Å². The Morgan fingerprint density at radius 2 is 1.88 bits per heavy atom. The summed E-state index contributed by atoms with van der Waals surface area (Å²) in [6, 6.07) is 10.1. The van der Waals surface area contributed by atoms with Gasteiger partial charge in [-0.25, -0.2) is 17.9 Å². The Morgan fingerprint density at radius 1 is 1.21 bits per heavy atom. The van der Waals surface area contributed by atoms with Gasteiger partial charge in [0.2, 0.25) is 15.9 Å². The number of hydrogen-bond donors (Lipinski definition) is 2. The second-order valence-corrected chi connectivity index (χ2v) is 7.00. The van der Waals surface area contributed by atoms with Crippen LogP contribution in [0.1, 0.15) is 5.56 Å². The van der Waals surface area contributed by atoms with Crippen LogP contribution < -0.4 is 15.4 Å². The molecule has 0 aliphatic heterocycles. The zero-order valence-electron chi connectivity index (χ0n) is 13.3. The summed E-state index contributed by atoms with van der Waals surface area (Å²) in [7, 11) is -0.402. The maximum absolute atomic E-state index is 13.6. The molecule has 8 heteroatoms. The average Bonchev–Trinajstić information content (AvgIpc) is 2.48. The standard InChI is InChI=1S/C16H18FN3O3S/c1-20(2)15-8-7-12(24(18,22)23)10-14(15)19-16(21)9-11-5-3-4-6-13(11)17/h3-8,10H,9H2,1-2H3,(H,19,21)(H2,18,22,23). The summed E-state index contributed by atoms with van der Waals surface area (Å²) in [5.41, 5.74) is 1.14. The van der Waals surface area contributed by atoms with Gasteiger partial charge in [0.15, 0.2) is 0 Å². The molecule has 0 aliphatic rings. The highest BCUT2D eigenvalue weighted by Gasteiger charge is 2.15. The monoisotopic (exact) mass is 351 g/mol. The van der Waals surface area contributed by atoms with Crippen LogP contribution in [0.25, 0.3) is 0 Å². The first kappa shape index (κ1) is 17.9. The van der Waals surface area contributed by atoms with E-state index in [0.717, 1.165) is 0 Å². The molecule has 24 heavy (non-hydrogen) atoms. The Bertz CT molecular complexity index is 867. The van der Waals surface area contributed by atoms with Crippen LogP contribution in [0.15, 0.2) is 47.4 Å². The van der Waals surface area contributed by atoms with Crippen molar-refractivity contribution in [1.82, 2.24) is 0 Å². The van der Waals surface area contributed by atoms with Crippen LogP contribution in [0.5, 0.6) is 0 Å². The molecule has 0 heterocycles. The summed E-state index contributed by atoms with van der Waals surface area (Å²) in [6.07, 6.45) is -0.168. The SMILES string of the molecule is CN(C)c1ccc(S(N)(=O)=O)cc1NC(=O)Cc1ccccc1F. The first-order valence-corrected chi connectivity index (χ1v) is 8.60. The quantitative estimate of drug-likeness (QED) is 0.858. The Kier molecular flexibility index (Phi) is 5.20. The van der Waals surface area contributed by atoms with Crippen LogP contribution >= 0.6 is 0 Å². The number of hydrogen-bond acceptors (Lipinski definition) is 4. The van der Waals surface area contributed by atoms with Gasteiger partial charge in [0, 0.05) is 14.1 Å². The lowest BCUT2D eigenvalue weighted by Crippen LogP contribution is -2.20. The Labute approximate surface area is 140 Å². The van der Waals surface area contributed by atoms with Gasteiger partial charge < -0.3 is 10.2 Å². The van der Waals surface area contributed by atoms with Gasteiger partial charge in [-0.15, -0.1) is 0 Å². The zero-order chi connectivity index (χ0) is 17.9. The van der Waals surface area contributed by atoms with E-state index in [1.165, 1.54) is 30.3 Å². The number of nitrogens with two attached hydrogens (primary N) is 1. The van der Waals surface area contributed by atoms with Crippen LogP contribution in [0.4, 0.5) is 15.8 Å². The van der Waals surface area contributed by atoms with Crippen LogP contribution in [-0.2, 0) is 21.2 Å². The molecule has 6 nitrogen and oxygen atoms in total. The minimum Gasteiger partial charge on any atom is -0.376 e. The normalized spacial score (nSPS) is 11.2. The van der Waals surface area contributed by atoms with E-state index in [9.17, 15) is 17.6 Å². The van der Waals surface area contributed by atoms with Crippen molar-refractivity contribution in [1.29, 1.82) is 0 Å². The lowest BCUT2D eigenvalue weighted by Gasteiger charge is -2.19. The molecule has 128 valence electrons. The van der Waals surface area contributed by atoms with Crippen molar-refractivity contribution < 1.29 is 17.6 Å². The highest BCUT2D eigenvalue weighted by atomic mass is 32.2. The van der Waals surface area contributed by atoms with E-state index in [1.807, 2.05) is 0 Å². The molecule has 2 aromatic carbocycles. The smallest absolute Gasteiger partial charge is 0.238 e. The second-order valence-electron chi connectivity index (χ2n) is 5.43. The number of amides is 1. The number of benzene rings is 2. The molecule has 0 unspecified atom stereocenters. The van der Waals surface area contributed by atoms with Crippen LogP contribution in [-0.4, -0.2) is 28.4 Å². The summed E-state index contributed by atoms with van der Waals surface area (Å²) in [5.74, 6) is -0.937. The van der Waals surface area contributed by atoms with Crippen LogP contribution in [0.2, 0.25) is 0 Å². The predicted molar refractivity (Wildman–Crippen MR) is 90.9 cm³/mol. The molecule has 1 amide bonds. The zero-order valence-corrected chi connectivity index (χ0v) is 14.1. The number of anilines is 2. The molecule has 0 aromatic heterocycles. The molecule has 2 rings (SSSR count). The van der Waals surface area contributed by atoms with Gasteiger partial charge in [-0.3, -0.25) is 4.79 Å². The third kappa shape index (κ3) is 4.30. The first-order valence-electron chi connectivity index (χ1n) is 7.06. The van der Waals surface area contributed by atoms with Gasteiger partial charge in [0.1, 0.15) is 5.82 Å². The fourth-order valence-corrected chi connectivity index (χ4v) is 2.73.